The number of aliphatic hydroxyl groups is 1. The highest BCUT2D eigenvalue weighted by atomic mass is 16.4. The number of hydrogen-bond donors (Lipinski definition) is 3. The molecule has 1 amide bonds. The van der Waals surface area contributed by atoms with E-state index in [0.717, 1.165) is 0 Å². The van der Waals surface area contributed by atoms with Crippen molar-refractivity contribution in [2.45, 2.75) is 25.7 Å². The number of carbonyl (C=O) groups is 2. The molecule has 3 N–H and O–H groups in total. The lowest BCUT2D eigenvalue weighted by atomic mass is 10.2. The molecule has 70 valence electrons. The maximum atomic E-state index is 10.7. The predicted octanol–water partition coefficient (Wildman–Crippen LogP) is -0.303. The van der Waals surface area contributed by atoms with Gasteiger partial charge in [-0.25, -0.2) is 0 Å². The number of unbranched alkanes of at least 4 members (excludes halogenated alkanes) is 1. The highest BCUT2D eigenvalue weighted by molar-refractivity contribution is 5.75. The van der Waals surface area contributed by atoms with Crippen molar-refractivity contribution in [3.8, 4) is 0 Å². The number of carboxylic acid groups (broad SMARTS) is 1. The molecule has 0 aliphatic carbocycles. The van der Waals surface area contributed by atoms with Crippen LogP contribution in [0.4, 0.5) is 0 Å². The summed E-state index contributed by atoms with van der Waals surface area (Å²) in [5, 5.41) is 18.7. The summed E-state index contributed by atoms with van der Waals surface area (Å²) in [5.74, 6) is -1.10. The number of aliphatic hydroxyl groups excluding tert-OH is 1. The van der Waals surface area contributed by atoms with E-state index >= 15 is 0 Å². The van der Waals surface area contributed by atoms with E-state index in [0.29, 0.717) is 12.8 Å². The highest BCUT2D eigenvalue weighted by Gasteiger charge is 2.00. The minimum Gasteiger partial charge on any atom is -0.481 e. The quantitative estimate of drug-likeness (QED) is 0.382. The van der Waals surface area contributed by atoms with Gasteiger partial charge in [-0.05, 0) is 12.8 Å². The first-order valence-corrected chi connectivity index (χ1v) is 3.76. The smallest absolute Gasteiger partial charge is 0.303 e. The van der Waals surface area contributed by atoms with Gasteiger partial charge in [0.1, 0.15) is 6.73 Å². The second-order valence-electron chi connectivity index (χ2n) is 2.36. The fourth-order valence-electron chi connectivity index (χ4n) is 0.738. The second kappa shape index (κ2) is 6.60. The number of carbonyl (C=O) groups excluding carboxylic acids is 1. The molecule has 0 aromatic rings. The Morgan fingerprint density at radius 3 is 2.25 bits per heavy atom. The monoisotopic (exact) mass is 175 g/mol. The van der Waals surface area contributed by atoms with Crippen LogP contribution in [0.5, 0.6) is 0 Å². The average molecular weight is 175 g/mol. The van der Waals surface area contributed by atoms with Crippen molar-refractivity contribution in [1.82, 2.24) is 5.32 Å². The Labute approximate surface area is 70.4 Å². The van der Waals surface area contributed by atoms with Crippen LogP contribution in [0, 0.1) is 0 Å². The van der Waals surface area contributed by atoms with Crippen LogP contribution in [0.1, 0.15) is 25.7 Å². The van der Waals surface area contributed by atoms with Crippen LogP contribution in [-0.4, -0.2) is 28.8 Å². The van der Waals surface area contributed by atoms with E-state index in [1.807, 2.05) is 0 Å². The Balaban J connectivity index is 3.19. The number of carboxylic acids is 1. The standard InChI is InChI=1S/C7H13NO4/c9-5-8-6(10)3-1-2-4-7(11)12/h9H,1-5H2,(H,8,10)(H,11,12). The van der Waals surface area contributed by atoms with Crippen molar-refractivity contribution in [3.63, 3.8) is 0 Å². The third-order valence-corrected chi connectivity index (χ3v) is 1.32. The van der Waals surface area contributed by atoms with E-state index in [9.17, 15) is 9.59 Å². The van der Waals surface area contributed by atoms with Gasteiger partial charge in [-0.15, -0.1) is 0 Å². The largest absolute Gasteiger partial charge is 0.481 e. The Morgan fingerprint density at radius 2 is 1.75 bits per heavy atom. The maximum Gasteiger partial charge on any atom is 0.303 e. The minimum atomic E-state index is -0.849. The molecule has 0 bridgehead atoms. The van der Waals surface area contributed by atoms with Crippen molar-refractivity contribution >= 4 is 11.9 Å². The van der Waals surface area contributed by atoms with Crippen LogP contribution in [-0.2, 0) is 9.59 Å². The molecule has 12 heavy (non-hydrogen) atoms. The number of hydrogen-bond acceptors (Lipinski definition) is 3. The maximum absolute atomic E-state index is 10.7. The molecule has 0 spiro atoms. The van der Waals surface area contributed by atoms with Crippen molar-refractivity contribution in [2.24, 2.45) is 0 Å². The first-order valence-electron chi connectivity index (χ1n) is 3.76. The third-order valence-electron chi connectivity index (χ3n) is 1.32. The lowest BCUT2D eigenvalue weighted by Crippen LogP contribution is -2.23. The van der Waals surface area contributed by atoms with Crippen LogP contribution < -0.4 is 5.32 Å². The molecule has 0 heterocycles. The molecule has 0 fully saturated rings. The van der Waals surface area contributed by atoms with E-state index in [4.69, 9.17) is 10.2 Å². The van der Waals surface area contributed by atoms with E-state index in [1.165, 1.54) is 0 Å². The van der Waals surface area contributed by atoms with Crippen LogP contribution in [0.3, 0.4) is 0 Å². The molecule has 0 aromatic carbocycles. The van der Waals surface area contributed by atoms with E-state index in [2.05, 4.69) is 5.32 Å². The van der Waals surface area contributed by atoms with Crippen molar-refractivity contribution in [3.05, 3.63) is 0 Å². The van der Waals surface area contributed by atoms with Crippen molar-refractivity contribution in [1.29, 1.82) is 0 Å². The van der Waals surface area contributed by atoms with Gasteiger partial charge in [-0.2, -0.15) is 0 Å². The summed E-state index contributed by atoms with van der Waals surface area (Å²) in [4.78, 5) is 20.7. The number of aliphatic carboxylic acids is 1. The molecule has 0 atom stereocenters. The Morgan fingerprint density at radius 1 is 1.17 bits per heavy atom. The summed E-state index contributed by atoms with van der Waals surface area (Å²) in [6.07, 6.45) is 1.40. The summed E-state index contributed by atoms with van der Waals surface area (Å²) < 4.78 is 0. The summed E-state index contributed by atoms with van der Waals surface area (Å²) in [7, 11) is 0. The van der Waals surface area contributed by atoms with Gasteiger partial charge in [0.25, 0.3) is 0 Å². The zero-order valence-corrected chi connectivity index (χ0v) is 6.75. The van der Waals surface area contributed by atoms with E-state index < -0.39 is 5.97 Å². The highest BCUT2D eigenvalue weighted by Crippen LogP contribution is 1.98. The van der Waals surface area contributed by atoms with Crippen LogP contribution in [0.15, 0.2) is 0 Å². The lowest BCUT2D eigenvalue weighted by molar-refractivity contribution is -0.137. The molecule has 0 radical (unpaired) electrons. The second-order valence-corrected chi connectivity index (χ2v) is 2.36. The molecular weight excluding hydrogens is 162 g/mol. The molecule has 5 heteroatoms. The minimum absolute atomic E-state index is 0.0897. The first-order chi connectivity index (χ1) is 5.66. The number of nitrogens with one attached hydrogen (secondary N) is 1. The van der Waals surface area contributed by atoms with E-state index in [1.54, 1.807) is 0 Å². The van der Waals surface area contributed by atoms with Gasteiger partial charge in [-0.1, -0.05) is 0 Å². The zero-order valence-electron chi connectivity index (χ0n) is 6.75. The fourth-order valence-corrected chi connectivity index (χ4v) is 0.738. The first kappa shape index (κ1) is 10.9. The van der Waals surface area contributed by atoms with Gasteiger partial charge in [-0.3, -0.25) is 9.59 Å². The van der Waals surface area contributed by atoms with Crippen molar-refractivity contribution < 1.29 is 19.8 Å². The summed E-state index contributed by atoms with van der Waals surface area (Å²) in [6, 6.07) is 0. The molecule has 0 aromatic heterocycles. The third kappa shape index (κ3) is 7.01. The average Bonchev–Trinajstić information content (AvgIpc) is 1.98. The molecule has 0 unspecified atom stereocenters. The van der Waals surface area contributed by atoms with Gasteiger partial charge < -0.3 is 15.5 Å². The Bertz CT molecular complexity index is 157. The molecule has 0 saturated heterocycles. The number of amides is 1. The Hall–Kier alpha value is -1.10. The van der Waals surface area contributed by atoms with Gasteiger partial charge >= 0.3 is 5.97 Å². The van der Waals surface area contributed by atoms with Gasteiger partial charge in [0.05, 0.1) is 0 Å². The molecular formula is C7H13NO4. The van der Waals surface area contributed by atoms with Crippen LogP contribution >= 0.6 is 0 Å². The number of rotatable bonds is 6. The van der Waals surface area contributed by atoms with Crippen molar-refractivity contribution in [2.75, 3.05) is 6.73 Å². The normalized spacial score (nSPS) is 9.42. The fraction of sp³-hybridized carbons (Fsp3) is 0.714. The molecule has 0 saturated carbocycles. The summed E-state index contributed by atoms with van der Waals surface area (Å²) in [6.45, 7) is -0.363. The van der Waals surface area contributed by atoms with Gasteiger partial charge in [0.2, 0.25) is 5.91 Å². The molecule has 5 nitrogen and oxygen atoms in total. The summed E-state index contributed by atoms with van der Waals surface area (Å²) in [5.41, 5.74) is 0. The van der Waals surface area contributed by atoms with Crippen LogP contribution in [0.25, 0.3) is 0 Å². The van der Waals surface area contributed by atoms with Crippen LogP contribution in [0.2, 0.25) is 0 Å². The Kier molecular flexibility index (Phi) is 6.00. The SMILES string of the molecule is O=C(O)CCCCC(=O)NCO. The topological polar surface area (TPSA) is 86.6 Å². The van der Waals surface area contributed by atoms with Gasteiger partial charge in [0, 0.05) is 12.8 Å². The molecule has 0 rings (SSSR count). The van der Waals surface area contributed by atoms with Gasteiger partial charge in [0.15, 0.2) is 0 Å². The molecule has 0 aliphatic rings. The zero-order chi connectivity index (χ0) is 9.40. The molecule has 0 aliphatic heterocycles. The summed E-state index contributed by atoms with van der Waals surface area (Å²) >= 11 is 0. The van der Waals surface area contributed by atoms with E-state index in [-0.39, 0.29) is 25.5 Å². The predicted molar refractivity (Wildman–Crippen MR) is 41.3 cm³/mol. The lowest BCUT2D eigenvalue weighted by Gasteiger charge is -1.99.